The van der Waals surface area contributed by atoms with Gasteiger partial charge >= 0.3 is 0 Å². The number of aryl methyl sites for hydroxylation is 2. The summed E-state index contributed by atoms with van der Waals surface area (Å²) in [7, 11) is -1.74. The highest BCUT2D eigenvalue weighted by atomic mass is 32.2. The zero-order valence-corrected chi connectivity index (χ0v) is 13.8. The van der Waals surface area contributed by atoms with Crippen molar-refractivity contribution in [3.05, 3.63) is 27.5 Å². The van der Waals surface area contributed by atoms with Crippen molar-refractivity contribution in [1.82, 2.24) is 20.2 Å². The first kappa shape index (κ1) is 16.1. The molecular formula is C12H18N4O3S2. The van der Waals surface area contributed by atoms with Crippen LogP contribution in [0.15, 0.2) is 14.8 Å². The average Bonchev–Trinajstić information content (AvgIpc) is 2.97. The second-order valence-electron chi connectivity index (χ2n) is 4.58. The molecule has 9 heteroatoms. The molecule has 0 aliphatic rings. The topological polar surface area (TPSA) is 97.1 Å². The first-order chi connectivity index (χ1) is 9.94. The summed E-state index contributed by atoms with van der Waals surface area (Å²) in [4.78, 5) is 5.21. The predicted molar refractivity (Wildman–Crippen MR) is 79.7 cm³/mol. The summed E-state index contributed by atoms with van der Waals surface area (Å²) in [6.45, 7) is 4.25. The summed E-state index contributed by atoms with van der Waals surface area (Å²) in [6.07, 6.45) is 0.390. The number of sulfonamides is 1. The van der Waals surface area contributed by atoms with Gasteiger partial charge in [-0.25, -0.2) is 13.1 Å². The summed E-state index contributed by atoms with van der Waals surface area (Å²) >= 11 is 1.44. The van der Waals surface area contributed by atoms with Gasteiger partial charge in [0, 0.05) is 31.3 Å². The molecule has 0 radical (unpaired) electrons. The Labute approximate surface area is 127 Å². The molecule has 0 amide bonds. The van der Waals surface area contributed by atoms with Crippen molar-refractivity contribution in [2.75, 3.05) is 13.6 Å². The number of thiophene rings is 1. The van der Waals surface area contributed by atoms with Crippen LogP contribution in [0.4, 0.5) is 0 Å². The van der Waals surface area contributed by atoms with E-state index in [0.29, 0.717) is 29.6 Å². The van der Waals surface area contributed by atoms with Gasteiger partial charge < -0.3 is 9.84 Å². The van der Waals surface area contributed by atoms with Crippen LogP contribution in [0.3, 0.4) is 0 Å². The van der Waals surface area contributed by atoms with E-state index < -0.39 is 10.0 Å². The molecule has 0 saturated heterocycles. The van der Waals surface area contributed by atoms with Crippen molar-refractivity contribution in [3.63, 3.8) is 0 Å². The highest BCUT2D eigenvalue weighted by Crippen LogP contribution is 2.26. The Morgan fingerprint density at radius 2 is 2.14 bits per heavy atom. The molecule has 0 aliphatic carbocycles. The standard InChI is InChI=1S/C12H18N4O3S2/c1-8-7-20-10(6-13-3)12(8)21(17,18)14-5-4-11-15-9(2)19-16-11/h7,13-14H,4-6H2,1-3H3. The van der Waals surface area contributed by atoms with Crippen LogP contribution in [0.2, 0.25) is 0 Å². The minimum Gasteiger partial charge on any atom is -0.340 e. The quantitative estimate of drug-likeness (QED) is 0.786. The second kappa shape index (κ2) is 6.65. The van der Waals surface area contributed by atoms with E-state index in [9.17, 15) is 8.42 Å². The lowest BCUT2D eigenvalue weighted by atomic mass is 10.3. The van der Waals surface area contributed by atoms with Gasteiger partial charge in [-0.05, 0) is 24.9 Å². The molecule has 116 valence electrons. The van der Waals surface area contributed by atoms with Crippen LogP contribution in [0.25, 0.3) is 0 Å². The van der Waals surface area contributed by atoms with E-state index in [-0.39, 0.29) is 6.54 Å². The van der Waals surface area contributed by atoms with E-state index in [1.165, 1.54) is 11.3 Å². The number of hydrogen-bond donors (Lipinski definition) is 2. The number of nitrogens with zero attached hydrogens (tertiary/aromatic N) is 2. The Balaban J connectivity index is 2.06. The van der Waals surface area contributed by atoms with Crippen molar-refractivity contribution >= 4 is 21.4 Å². The highest BCUT2D eigenvalue weighted by Gasteiger charge is 2.22. The molecule has 7 nitrogen and oxygen atoms in total. The van der Waals surface area contributed by atoms with E-state index in [2.05, 4.69) is 20.2 Å². The largest absolute Gasteiger partial charge is 0.340 e. The number of aromatic nitrogens is 2. The molecule has 2 heterocycles. The summed E-state index contributed by atoms with van der Waals surface area (Å²) < 4.78 is 32.3. The van der Waals surface area contributed by atoms with Crippen LogP contribution in [0, 0.1) is 13.8 Å². The SMILES string of the molecule is CNCc1scc(C)c1S(=O)(=O)NCCc1noc(C)n1. The zero-order chi connectivity index (χ0) is 15.5. The van der Waals surface area contributed by atoms with Crippen molar-refractivity contribution in [1.29, 1.82) is 0 Å². The molecule has 0 aromatic carbocycles. The lowest BCUT2D eigenvalue weighted by Crippen LogP contribution is -2.27. The molecule has 0 fully saturated rings. The number of rotatable bonds is 7. The Hall–Kier alpha value is -1.29. The van der Waals surface area contributed by atoms with E-state index in [1.54, 1.807) is 20.9 Å². The van der Waals surface area contributed by atoms with Crippen molar-refractivity contribution in [2.24, 2.45) is 0 Å². The summed E-state index contributed by atoms with van der Waals surface area (Å²) in [5.74, 6) is 0.963. The van der Waals surface area contributed by atoms with Gasteiger partial charge in [-0.15, -0.1) is 11.3 Å². The Kier molecular flexibility index (Phi) is 5.09. The minimum absolute atomic E-state index is 0.232. The molecule has 0 saturated carbocycles. The molecule has 0 bridgehead atoms. The second-order valence-corrected chi connectivity index (χ2v) is 7.25. The lowest BCUT2D eigenvalue weighted by Gasteiger charge is -2.08. The molecule has 2 N–H and O–H groups in total. The third-order valence-electron chi connectivity index (χ3n) is 2.81. The first-order valence-corrected chi connectivity index (χ1v) is 8.80. The van der Waals surface area contributed by atoms with E-state index in [0.717, 1.165) is 10.4 Å². The molecule has 0 atom stereocenters. The smallest absolute Gasteiger partial charge is 0.241 e. The van der Waals surface area contributed by atoms with E-state index >= 15 is 0 Å². The first-order valence-electron chi connectivity index (χ1n) is 6.44. The Morgan fingerprint density at radius 1 is 1.38 bits per heavy atom. The monoisotopic (exact) mass is 330 g/mol. The summed E-state index contributed by atoms with van der Waals surface area (Å²) in [5.41, 5.74) is 0.758. The normalized spacial score (nSPS) is 12.0. The Morgan fingerprint density at radius 3 is 2.76 bits per heavy atom. The maximum atomic E-state index is 12.4. The van der Waals surface area contributed by atoms with Gasteiger partial charge in [0.15, 0.2) is 5.82 Å². The fourth-order valence-electron chi connectivity index (χ4n) is 1.94. The van der Waals surface area contributed by atoms with E-state index in [1.807, 2.05) is 5.38 Å². The number of nitrogens with one attached hydrogen (secondary N) is 2. The van der Waals surface area contributed by atoms with Crippen LogP contribution < -0.4 is 10.0 Å². The van der Waals surface area contributed by atoms with Crippen LogP contribution >= 0.6 is 11.3 Å². The molecule has 2 rings (SSSR count). The van der Waals surface area contributed by atoms with Gasteiger partial charge in [-0.3, -0.25) is 0 Å². The highest BCUT2D eigenvalue weighted by molar-refractivity contribution is 7.89. The third kappa shape index (κ3) is 3.88. The maximum absolute atomic E-state index is 12.4. The van der Waals surface area contributed by atoms with Gasteiger partial charge in [-0.1, -0.05) is 5.16 Å². The minimum atomic E-state index is -3.53. The van der Waals surface area contributed by atoms with Gasteiger partial charge in [-0.2, -0.15) is 4.98 Å². The van der Waals surface area contributed by atoms with Gasteiger partial charge in [0.05, 0.1) is 0 Å². The molecular weight excluding hydrogens is 312 g/mol. The van der Waals surface area contributed by atoms with E-state index in [4.69, 9.17) is 4.52 Å². The van der Waals surface area contributed by atoms with Gasteiger partial charge in [0.25, 0.3) is 0 Å². The summed E-state index contributed by atoms with van der Waals surface area (Å²) in [5, 5.41) is 8.57. The van der Waals surface area contributed by atoms with Crippen LogP contribution in [-0.4, -0.2) is 32.2 Å². The van der Waals surface area contributed by atoms with Crippen LogP contribution in [-0.2, 0) is 23.0 Å². The fourth-order valence-corrected chi connectivity index (χ4v) is 4.79. The molecule has 2 aromatic rings. The van der Waals surface area contributed by atoms with Crippen LogP contribution in [0.5, 0.6) is 0 Å². The van der Waals surface area contributed by atoms with Crippen molar-refractivity contribution in [3.8, 4) is 0 Å². The Bertz CT molecular complexity index is 706. The third-order valence-corrected chi connectivity index (χ3v) is 5.73. The molecule has 2 aromatic heterocycles. The van der Waals surface area contributed by atoms with Gasteiger partial charge in [0.2, 0.25) is 15.9 Å². The van der Waals surface area contributed by atoms with Gasteiger partial charge in [0.1, 0.15) is 4.90 Å². The predicted octanol–water partition coefficient (Wildman–Crippen LogP) is 0.988. The van der Waals surface area contributed by atoms with Crippen LogP contribution in [0.1, 0.15) is 22.2 Å². The molecule has 0 aliphatic heterocycles. The number of hydrogen-bond acceptors (Lipinski definition) is 7. The van der Waals surface area contributed by atoms with Crippen molar-refractivity contribution < 1.29 is 12.9 Å². The molecule has 0 unspecified atom stereocenters. The fraction of sp³-hybridized carbons (Fsp3) is 0.500. The molecule has 0 spiro atoms. The lowest BCUT2D eigenvalue weighted by molar-refractivity contribution is 0.387. The van der Waals surface area contributed by atoms with Crippen molar-refractivity contribution in [2.45, 2.75) is 31.7 Å². The zero-order valence-electron chi connectivity index (χ0n) is 12.1. The summed E-state index contributed by atoms with van der Waals surface area (Å²) in [6, 6.07) is 0. The maximum Gasteiger partial charge on any atom is 0.241 e. The molecule has 21 heavy (non-hydrogen) atoms. The average molecular weight is 330 g/mol.